The molecule has 6 rings (SSSR count). The molecule has 3 fully saturated rings. The second-order valence-electron chi connectivity index (χ2n) is 9.98. The monoisotopic (exact) mass is 515 g/mol. The second kappa shape index (κ2) is 9.86. The van der Waals surface area contributed by atoms with E-state index >= 15 is 0 Å². The Labute approximate surface area is 211 Å². The summed E-state index contributed by atoms with van der Waals surface area (Å²) in [5.41, 5.74) is 2.25. The van der Waals surface area contributed by atoms with Crippen LogP contribution in [0.2, 0.25) is 0 Å². The van der Waals surface area contributed by atoms with Crippen molar-refractivity contribution < 1.29 is 22.7 Å². The fourth-order valence-corrected chi connectivity index (χ4v) is 7.36. The van der Waals surface area contributed by atoms with Crippen LogP contribution >= 0.6 is 0 Å². The van der Waals surface area contributed by atoms with Gasteiger partial charge in [0.05, 0.1) is 48.8 Å². The van der Waals surface area contributed by atoms with Gasteiger partial charge in [-0.2, -0.15) is 5.10 Å². The predicted octanol–water partition coefficient (Wildman–Crippen LogP) is 0.889. The van der Waals surface area contributed by atoms with Crippen molar-refractivity contribution in [1.82, 2.24) is 24.5 Å². The summed E-state index contributed by atoms with van der Waals surface area (Å²) < 4.78 is 39.2. The maximum atomic E-state index is 13.5. The van der Waals surface area contributed by atoms with Crippen LogP contribution in [0.5, 0.6) is 0 Å². The maximum Gasteiger partial charge on any atom is 0.274 e. The minimum Gasteiger partial charge on any atom is -0.379 e. The average molecular weight is 516 g/mol. The van der Waals surface area contributed by atoms with Gasteiger partial charge in [-0.1, -0.05) is 18.2 Å². The Kier molecular flexibility index (Phi) is 6.59. The van der Waals surface area contributed by atoms with Gasteiger partial charge < -0.3 is 14.4 Å². The van der Waals surface area contributed by atoms with Gasteiger partial charge in [-0.3, -0.25) is 19.3 Å². The molecule has 11 heteroatoms. The van der Waals surface area contributed by atoms with Crippen molar-refractivity contribution in [3.8, 4) is 11.3 Å². The van der Waals surface area contributed by atoms with Crippen molar-refractivity contribution in [2.45, 2.75) is 23.1 Å². The van der Waals surface area contributed by atoms with Crippen molar-refractivity contribution in [2.75, 3.05) is 78.8 Å². The summed E-state index contributed by atoms with van der Waals surface area (Å²) in [6.45, 7) is 9.26. The fraction of sp³-hybridized carbons (Fsp3) is 0.600. The van der Waals surface area contributed by atoms with Gasteiger partial charge in [0.25, 0.3) is 5.91 Å². The van der Waals surface area contributed by atoms with Crippen LogP contribution in [0.1, 0.15) is 28.5 Å². The number of fused-ring (bicyclic) bond motifs is 3. The molecule has 4 aliphatic heterocycles. The molecule has 194 valence electrons. The fourth-order valence-electron chi connectivity index (χ4n) is 5.77. The highest BCUT2D eigenvalue weighted by atomic mass is 32.2. The molecular weight excluding hydrogens is 482 g/mol. The molecule has 1 aromatic heterocycles. The molecule has 3 saturated heterocycles. The highest BCUT2D eigenvalue weighted by Gasteiger charge is 2.39. The molecule has 5 heterocycles. The summed E-state index contributed by atoms with van der Waals surface area (Å²) in [5.74, 6) is -0.400. The number of aromatic nitrogens is 2. The number of benzene rings is 1. The Morgan fingerprint density at radius 2 is 1.64 bits per heavy atom. The molecule has 2 aromatic rings. The molecule has 0 bridgehead atoms. The van der Waals surface area contributed by atoms with Crippen molar-refractivity contribution in [2.24, 2.45) is 0 Å². The third-order valence-corrected chi connectivity index (χ3v) is 9.45. The molecule has 36 heavy (non-hydrogen) atoms. The van der Waals surface area contributed by atoms with Crippen LogP contribution in [0.25, 0.3) is 11.3 Å². The Balaban J connectivity index is 1.32. The first-order chi connectivity index (χ1) is 17.5. The standard InChI is InChI=1S/C25H33N5O5S/c31-25(29-11-15-35-16-12-29)23-21-18-36(32,33)22-4-2-1-3-20(22)24(21)30(26-23)19-5-6-28(17-19)8-7-27-9-13-34-14-10-27/h1-4,19H,5-18H2. The van der Waals surface area contributed by atoms with Crippen LogP contribution in [0.4, 0.5) is 0 Å². The van der Waals surface area contributed by atoms with E-state index in [1.807, 2.05) is 16.8 Å². The zero-order chi connectivity index (χ0) is 24.7. The Morgan fingerprint density at radius 1 is 0.944 bits per heavy atom. The van der Waals surface area contributed by atoms with Crippen LogP contribution in [0.3, 0.4) is 0 Å². The van der Waals surface area contributed by atoms with Crippen LogP contribution in [-0.4, -0.2) is 118 Å². The van der Waals surface area contributed by atoms with Crippen molar-refractivity contribution in [1.29, 1.82) is 0 Å². The molecule has 0 radical (unpaired) electrons. The molecular formula is C25H33N5O5S. The van der Waals surface area contributed by atoms with E-state index in [1.54, 1.807) is 17.0 Å². The first-order valence-electron chi connectivity index (χ1n) is 12.8. The summed E-state index contributed by atoms with van der Waals surface area (Å²) >= 11 is 0. The molecule has 0 N–H and O–H groups in total. The lowest BCUT2D eigenvalue weighted by atomic mass is 10.0. The number of hydrogen-bond donors (Lipinski definition) is 0. The lowest BCUT2D eigenvalue weighted by molar-refractivity contribution is 0.0297. The normalized spacial score (nSPS) is 24.4. The molecule has 1 amide bonds. The van der Waals surface area contributed by atoms with Crippen LogP contribution in [-0.2, 0) is 25.1 Å². The Hall–Kier alpha value is -2.31. The topological polar surface area (TPSA) is 97.2 Å². The van der Waals surface area contributed by atoms with Crippen LogP contribution < -0.4 is 0 Å². The Morgan fingerprint density at radius 3 is 2.42 bits per heavy atom. The Bertz CT molecular complexity index is 1230. The SMILES string of the molecule is O=C(c1nn(C2CCN(CCN3CCOCC3)C2)c2c1CS(=O)(=O)c1ccccc1-2)N1CCOCC1. The number of sulfone groups is 1. The third kappa shape index (κ3) is 4.47. The van der Waals surface area contributed by atoms with Crippen molar-refractivity contribution in [3.63, 3.8) is 0 Å². The van der Waals surface area contributed by atoms with Gasteiger partial charge in [-0.25, -0.2) is 8.42 Å². The number of morpholine rings is 2. The van der Waals surface area contributed by atoms with E-state index in [1.165, 1.54) is 0 Å². The van der Waals surface area contributed by atoms with Gasteiger partial charge in [0.1, 0.15) is 0 Å². The van der Waals surface area contributed by atoms with E-state index in [9.17, 15) is 13.2 Å². The third-order valence-electron chi connectivity index (χ3n) is 7.75. The van der Waals surface area contributed by atoms with Gasteiger partial charge >= 0.3 is 0 Å². The number of hydrogen-bond acceptors (Lipinski definition) is 8. The number of carbonyl (C=O) groups excluding carboxylic acids is 1. The summed E-state index contributed by atoms with van der Waals surface area (Å²) in [4.78, 5) is 20.5. The highest BCUT2D eigenvalue weighted by molar-refractivity contribution is 7.90. The van der Waals surface area contributed by atoms with E-state index in [-0.39, 0.29) is 23.4 Å². The van der Waals surface area contributed by atoms with Crippen LogP contribution in [0, 0.1) is 0 Å². The number of carbonyl (C=O) groups is 1. The predicted molar refractivity (Wildman–Crippen MR) is 133 cm³/mol. The summed E-state index contributed by atoms with van der Waals surface area (Å²) in [7, 11) is -3.56. The number of likely N-dealkylation sites (tertiary alicyclic amines) is 1. The van der Waals surface area contributed by atoms with Gasteiger partial charge in [0.15, 0.2) is 15.5 Å². The van der Waals surface area contributed by atoms with Gasteiger partial charge in [-0.15, -0.1) is 0 Å². The van der Waals surface area contributed by atoms with Crippen molar-refractivity contribution in [3.05, 3.63) is 35.5 Å². The first-order valence-corrected chi connectivity index (χ1v) is 14.5. The molecule has 1 unspecified atom stereocenters. The first kappa shape index (κ1) is 24.1. The maximum absolute atomic E-state index is 13.5. The lowest BCUT2D eigenvalue weighted by Gasteiger charge is -2.28. The van der Waals surface area contributed by atoms with E-state index in [4.69, 9.17) is 14.6 Å². The largest absolute Gasteiger partial charge is 0.379 e. The highest BCUT2D eigenvalue weighted by Crippen LogP contribution is 2.42. The second-order valence-corrected chi connectivity index (χ2v) is 11.9. The van der Waals surface area contributed by atoms with Gasteiger partial charge in [-0.05, 0) is 12.5 Å². The molecule has 0 saturated carbocycles. The molecule has 1 atom stereocenters. The quantitative estimate of drug-likeness (QED) is 0.579. The molecule has 0 aliphatic carbocycles. The van der Waals surface area contributed by atoms with E-state index in [2.05, 4.69) is 9.80 Å². The van der Waals surface area contributed by atoms with E-state index in [0.717, 1.165) is 64.6 Å². The van der Waals surface area contributed by atoms with E-state index < -0.39 is 9.84 Å². The van der Waals surface area contributed by atoms with Crippen molar-refractivity contribution >= 4 is 15.7 Å². The van der Waals surface area contributed by atoms with E-state index in [0.29, 0.717) is 42.3 Å². The average Bonchev–Trinajstić information content (AvgIpc) is 3.53. The van der Waals surface area contributed by atoms with Gasteiger partial charge in [0.2, 0.25) is 0 Å². The zero-order valence-electron chi connectivity index (χ0n) is 20.5. The van der Waals surface area contributed by atoms with Gasteiger partial charge in [0, 0.05) is 63.5 Å². The smallest absolute Gasteiger partial charge is 0.274 e. The zero-order valence-corrected chi connectivity index (χ0v) is 21.3. The lowest BCUT2D eigenvalue weighted by Crippen LogP contribution is -2.41. The molecule has 4 aliphatic rings. The molecule has 10 nitrogen and oxygen atoms in total. The van der Waals surface area contributed by atoms with Crippen LogP contribution in [0.15, 0.2) is 29.2 Å². The summed E-state index contributed by atoms with van der Waals surface area (Å²) in [6.07, 6.45) is 0.914. The molecule has 0 spiro atoms. The number of rotatable bonds is 5. The number of nitrogens with zero attached hydrogens (tertiary/aromatic N) is 5. The minimum absolute atomic E-state index is 0.0866. The summed E-state index contributed by atoms with van der Waals surface area (Å²) in [6, 6.07) is 7.20. The minimum atomic E-state index is -3.56. The number of ether oxygens (including phenoxy) is 2. The summed E-state index contributed by atoms with van der Waals surface area (Å²) in [5, 5.41) is 4.86. The molecule has 1 aromatic carbocycles. The number of amides is 1.